The number of nitrogens with two attached hydrogens (primary N) is 2. The number of carbonyl (C=O) groups excluding carboxylic acids is 3. The van der Waals surface area contributed by atoms with E-state index in [2.05, 4.69) is 20.9 Å². The fourth-order valence-corrected chi connectivity index (χ4v) is 4.39. The lowest BCUT2D eigenvalue weighted by atomic mass is 9.96. The SMILES string of the molecule is CCC(C)C(NC(=O)C(CCC(=O)O)NC(=O)C(N)CCCCN)C(=O)NC(Cc1c[nH]c2ccccc12)C(=O)O. The first kappa shape index (κ1) is 33.2. The van der Waals surface area contributed by atoms with Crippen LogP contribution in [0.5, 0.6) is 0 Å². The lowest BCUT2D eigenvalue weighted by Gasteiger charge is -2.28. The molecule has 1 heterocycles. The Labute approximate surface area is 238 Å². The summed E-state index contributed by atoms with van der Waals surface area (Å²) in [4.78, 5) is 65.6. The minimum atomic E-state index is -1.28. The van der Waals surface area contributed by atoms with E-state index in [0.717, 1.165) is 10.9 Å². The van der Waals surface area contributed by atoms with Gasteiger partial charge in [-0.1, -0.05) is 44.9 Å². The zero-order chi connectivity index (χ0) is 30.5. The molecule has 1 aromatic carbocycles. The molecule has 0 saturated heterocycles. The van der Waals surface area contributed by atoms with E-state index >= 15 is 0 Å². The van der Waals surface area contributed by atoms with Gasteiger partial charge >= 0.3 is 11.9 Å². The Kier molecular flexibility index (Phi) is 13.2. The highest BCUT2D eigenvalue weighted by atomic mass is 16.4. The minimum absolute atomic E-state index is 0.00555. The number of nitrogens with one attached hydrogen (secondary N) is 4. The maximum atomic E-state index is 13.3. The number of H-pyrrole nitrogens is 1. The molecule has 0 aliphatic heterocycles. The summed E-state index contributed by atoms with van der Waals surface area (Å²) in [6.45, 7) is 3.97. The second-order valence-electron chi connectivity index (χ2n) is 10.2. The summed E-state index contributed by atoms with van der Waals surface area (Å²) >= 11 is 0. The highest BCUT2D eigenvalue weighted by Gasteiger charge is 2.33. The highest BCUT2D eigenvalue weighted by Crippen LogP contribution is 2.19. The van der Waals surface area contributed by atoms with E-state index in [4.69, 9.17) is 16.6 Å². The van der Waals surface area contributed by atoms with Crippen LogP contribution in [0.3, 0.4) is 0 Å². The number of para-hydroxylation sites is 1. The van der Waals surface area contributed by atoms with Gasteiger partial charge in [-0.2, -0.15) is 0 Å². The third kappa shape index (κ3) is 10.2. The number of unbranched alkanes of at least 4 members (excludes halogenated alkanes) is 1. The van der Waals surface area contributed by atoms with Gasteiger partial charge < -0.3 is 42.6 Å². The number of rotatable bonds is 18. The molecule has 41 heavy (non-hydrogen) atoms. The van der Waals surface area contributed by atoms with E-state index < -0.39 is 66.2 Å². The van der Waals surface area contributed by atoms with Crippen LogP contribution in [0.2, 0.25) is 0 Å². The van der Waals surface area contributed by atoms with Crippen LogP contribution in [-0.2, 0) is 30.4 Å². The molecule has 0 saturated carbocycles. The highest BCUT2D eigenvalue weighted by molar-refractivity contribution is 5.94. The monoisotopic (exact) mass is 574 g/mol. The van der Waals surface area contributed by atoms with E-state index in [0.29, 0.717) is 37.8 Å². The summed E-state index contributed by atoms with van der Waals surface area (Å²) in [6.07, 6.45) is 3.15. The predicted molar refractivity (Wildman–Crippen MR) is 153 cm³/mol. The molecule has 5 atom stereocenters. The van der Waals surface area contributed by atoms with Gasteiger partial charge in [-0.15, -0.1) is 0 Å². The van der Waals surface area contributed by atoms with Crippen molar-refractivity contribution in [2.24, 2.45) is 17.4 Å². The quantitative estimate of drug-likeness (QED) is 0.116. The fourth-order valence-electron chi connectivity index (χ4n) is 4.39. The first-order valence-corrected chi connectivity index (χ1v) is 13.8. The lowest BCUT2D eigenvalue weighted by Crippen LogP contribution is -2.58. The van der Waals surface area contributed by atoms with E-state index in [1.807, 2.05) is 31.2 Å². The second-order valence-corrected chi connectivity index (χ2v) is 10.2. The molecule has 0 spiro atoms. The average molecular weight is 575 g/mol. The van der Waals surface area contributed by atoms with Gasteiger partial charge in [0, 0.05) is 29.9 Å². The molecule has 13 nitrogen and oxygen atoms in total. The number of aliphatic carboxylic acids is 2. The van der Waals surface area contributed by atoms with Gasteiger partial charge in [0.1, 0.15) is 18.1 Å². The van der Waals surface area contributed by atoms with Gasteiger partial charge in [0.25, 0.3) is 0 Å². The summed E-state index contributed by atoms with van der Waals surface area (Å²) in [7, 11) is 0. The van der Waals surface area contributed by atoms with Crippen molar-refractivity contribution < 1.29 is 34.2 Å². The van der Waals surface area contributed by atoms with Crippen molar-refractivity contribution in [1.29, 1.82) is 0 Å². The molecule has 2 rings (SSSR count). The van der Waals surface area contributed by atoms with Gasteiger partial charge in [-0.05, 0) is 43.4 Å². The Bertz CT molecular complexity index is 1200. The molecule has 1 aromatic heterocycles. The van der Waals surface area contributed by atoms with Crippen molar-refractivity contribution >= 4 is 40.6 Å². The molecule has 3 amide bonds. The van der Waals surface area contributed by atoms with E-state index in [1.54, 1.807) is 13.1 Å². The number of carboxylic acids is 2. The van der Waals surface area contributed by atoms with Gasteiger partial charge in [-0.25, -0.2) is 4.79 Å². The number of hydrogen-bond donors (Lipinski definition) is 8. The molecule has 10 N–H and O–H groups in total. The Balaban J connectivity index is 2.17. The summed E-state index contributed by atoms with van der Waals surface area (Å²) in [5.41, 5.74) is 12.9. The number of carboxylic acid groups (broad SMARTS) is 2. The predicted octanol–water partition coefficient (Wildman–Crippen LogP) is 0.617. The molecule has 0 aliphatic carbocycles. The molecule has 5 unspecified atom stereocenters. The van der Waals surface area contributed by atoms with Crippen LogP contribution in [0.1, 0.15) is 57.9 Å². The van der Waals surface area contributed by atoms with Crippen LogP contribution >= 0.6 is 0 Å². The molecule has 226 valence electrons. The van der Waals surface area contributed by atoms with Crippen LogP contribution in [0.25, 0.3) is 10.9 Å². The number of fused-ring (bicyclic) bond motifs is 1. The number of carbonyl (C=O) groups is 5. The average Bonchev–Trinajstić information content (AvgIpc) is 3.35. The smallest absolute Gasteiger partial charge is 0.326 e. The standard InChI is InChI=1S/C28H42N6O7/c1-3-16(2)24(27(39)33-22(28(40)41)14-17-15-31-20-10-5-4-8-18(17)20)34-26(38)21(11-12-23(35)36)32-25(37)19(30)9-6-7-13-29/h4-5,8,10,15-16,19,21-22,24,31H,3,6-7,9,11-14,29-30H2,1-2H3,(H,32,37)(H,33,39)(H,34,38)(H,35,36)(H,40,41). The van der Waals surface area contributed by atoms with Crippen LogP contribution in [0.4, 0.5) is 0 Å². The number of aromatic amines is 1. The Morgan fingerprint density at radius 2 is 1.61 bits per heavy atom. The van der Waals surface area contributed by atoms with E-state index in [1.165, 1.54) is 0 Å². The molecule has 0 bridgehead atoms. The fraction of sp³-hybridized carbons (Fsp3) is 0.536. The van der Waals surface area contributed by atoms with Gasteiger partial charge in [-0.3, -0.25) is 19.2 Å². The zero-order valence-electron chi connectivity index (χ0n) is 23.5. The van der Waals surface area contributed by atoms with Crippen molar-refractivity contribution in [3.05, 3.63) is 36.0 Å². The Morgan fingerprint density at radius 1 is 0.927 bits per heavy atom. The largest absolute Gasteiger partial charge is 0.481 e. The lowest BCUT2D eigenvalue weighted by molar-refractivity contribution is -0.142. The van der Waals surface area contributed by atoms with Crippen LogP contribution in [-0.4, -0.2) is 75.6 Å². The maximum absolute atomic E-state index is 13.3. The van der Waals surface area contributed by atoms with Crippen LogP contribution in [0.15, 0.2) is 30.5 Å². The molecule has 2 aromatic rings. The van der Waals surface area contributed by atoms with Gasteiger partial charge in [0.2, 0.25) is 17.7 Å². The molecular formula is C28H42N6O7. The van der Waals surface area contributed by atoms with E-state index in [9.17, 15) is 29.1 Å². The number of amides is 3. The third-order valence-electron chi connectivity index (χ3n) is 7.09. The normalized spacial score (nSPS) is 14.8. The summed E-state index contributed by atoms with van der Waals surface area (Å²) in [6, 6.07) is 2.78. The van der Waals surface area contributed by atoms with E-state index in [-0.39, 0.29) is 12.8 Å². The Morgan fingerprint density at radius 3 is 2.24 bits per heavy atom. The number of aromatic nitrogens is 1. The van der Waals surface area contributed by atoms with Crippen LogP contribution < -0.4 is 27.4 Å². The molecular weight excluding hydrogens is 532 g/mol. The zero-order valence-corrected chi connectivity index (χ0v) is 23.5. The first-order chi connectivity index (χ1) is 19.5. The molecule has 13 heteroatoms. The summed E-state index contributed by atoms with van der Waals surface area (Å²) < 4.78 is 0. The molecule has 0 fully saturated rings. The van der Waals surface area contributed by atoms with Crippen molar-refractivity contribution in [2.75, 3.05) is 6.54 Å². The van der Waals surface area contributed by atoms with Gasteiger partial charge in [0.15, 0.2) is 0 Å². The third-order valence-corrected chi connectivity index (χ3v) is 7.09. The van der Waals surface area contributed by atoms with Crippen molar-refractivity contribution in [3.63, 3.8) is 0 Å². The topological polar surface area (TPSA) is 230 Å². The summed E-state index contributed by atoms with van der Waals surface area (Å²) in [5, 5.41) is 27.5. The van der Waals surface area contributed by atoms with Crippen LogP contribution in [0, 0.1) is 5.92 Å². The van der Waals surface area contributed by atoms with Gasteiger partial charge in [0.05, 0.1) is 6.04 Å². The van der Waals surface area contributed by atoms with Crippen molar-refractivity contribution in [3.8, 4) is 0 Å². The Hall–Kier alpha value is -3.97. The maximum Gasteiger partial charge on any atom is 0.326 e. The number of benzene rings is 1. The second kappa shape index (κ2) is 16.3. The molecule has 0 radical (unpaired) electrons. The van der Waals surface area contributed by atoms with Crippen molar-refractivity contribution in [2.45, 2.75) is 83.0 Å². The number of hydrogen-bond acceptors (Lipinski definition) is 7. The summed E-state index contributed by atoms with van der Waals surface area (Å²) in [5.74, 6) is -4.91. The minimum Gasteiger partial charge on any atom is -0.481 e. The first-order valence-electron chi connectivity index (χ1n) is 13.8. The molecule has 0 aliphatic rings. The van der Waals surface area contributed by atoms with Crippen molar-refractivity contribution in [1.82, 2.24) is 20.9 Å².